The van der Waals surface area contributed by atoms with Gasteiger partial charge >= 0.3 is 0 Å². The largest absolute Gasteiger partial charge is 0.333 e. The summed E-state index contributed by atoms with van der Waals surface area (Å²) >= 11 is 0. The first-order valence-electron chi connectivity index (χ1n) is 8.20. The van der Waals surface area contributed by atoms with Crippen LogP contribution < -0.4 is 0 Å². The summed E-state index contributed by atoms with van der Waals surface area (Å²) in [6, 6.07) is 0. The molecule has 4 fully saturated rings. The van der Waals surface area contributed by atoms with Crippen molar-refractivity contribution in [2.24, 2.45) is 28.6 Å². The molecule has 1 heterocycles. The Bertz CT molecular complexity index is 434. The van der Waals surface area contributed by atoms with Crippen molar-refractivity contribution in [1.29, 1.82) is 0 Å². The molecule has 1 saturated heterocycles. The highest BCUT2D eigenvalue weighted by atomic mass is 16.9. The SMILES string of the molecule is CO[C@H]1O[C@H]2C[C@@]34C[C@H](C(C)(C)[C@@H]3CC[C@H]4C)[C@@]2(C)O1. The van der Waals surface area contributed by atoms with Gasteiger partial charge in [-0.3, -0.25) is 0 Å². The lowest BCUT2D eigenvalue weighted by Crippen LogP contribution is -2.52. The van der Waals surface area contributed by atoms with E-state index < -0.39 is 6.48 Å². The van der Waals surface area contributed by atoms with Crippen LogP contribution >= 0.6 is 0 Å². The first kappa shape index (κ1) is 13.5. The minimum absolute atomic E-state index is 0.167. The normalized spacial score (nSPS) is 59.5. The highest BCUT2D eigenvalue weighted by Crippen LogP contribution is 2.74. The molecular weight excluding hydrogens is 252 g/mol. The summed E-state index contributed by atoms with van der Waals surface area (Å²) in [6.07, 6.45) is 5.46. The molecule has 114 valence electrons. The maximum absolute atomic E-state index is 6.22. The Kier molecular flexibility index (Phi) is 2.57. The lowest BCUT2D eigenvalue weighted by Gasteiger charge is -2.46. The third-order valence-corrected chi connectivity index (χ3v) is 7.66. The third kappa shape index (κ3) is 1.33. The van der Waals surface area contributed by atoms with Crippen LogP contribution in [0, 0.1) is 28.6 Å². The second-order valence-electron chi connectivity index (χ2n) is 8.50. The summed E-state index contributed by atoms with van der Waals surface area (Å²) in [7, 11) is 1.67. The molecule has 0 aromatic rings. The average molecular weight is 280 g/mol. The van der Waals surface area contributed by atoms with E-state index >= 15 is 0 Å². The van der Waals surface area contributed by atoms with Crippen LogP contribution in [0.15, 0.2) is 0 Å². The van der Waals surface area contributed by atoms with Crippen LogP contribution in [-0.4, -0.2) is 25.3 Å². The Morgan fingerprint density at radius 2 is 1.80 bits per heavy atom. The van der Waals surface area contributed by atoms with Crippen molar-refractivity contribution in [2.75, 3.05) is 7.11 Å². The first-order chi connectivity index (χ1) is 9.34. The van der Waals surface area contributed by atoms with Crippen LogP contribution in [-0.2, 0) is 14.2 Å². The zero-order valence-electron chi connectivity index (χ0n) is 13.4. The van der Waals surface area contributed by atoms with Crippen LogP contribution in [0.3, 0.4) is 0 Å². The molecule has 0 amide bonds. The van der Waals surface area contributed by atoms with E-state index in [0.717, 1.165) is 18.3 Å². The summed E-state index contributed by atoms with van der Waals surface area (Å²) < 4.78 is 17.7. The fraction of sp³-hybridized carbons (Fsp3) is 1.00. The maximum Gasteiger partial charge on any atom is 0.272 e. The van der Waals surface area contributed by atoms with Gasteiger partial charge in [0.05, 0.1) is 6.10 Å². The molecule has 0 unspecified atom stereocenters. The molecule has 0 radical (unpaired) electrons. The molecule has 7 atom stereocenters. The van der Waals surface area contributed by atoms with E-state index in [1.807, 2.05) is 0 Å². The number of fused-ring (bicyclic) bond motifs is 3. The van der Waals surface area contributed by atoms with Crippen LogP contribution in [0.2, 0.25) is 0 Å². The standard InChI is InChI=1S/C17H28O3/c1-10-6-7-11-15(2,3)12-8-17(10,11)9-13-16(12,4)20-14(18-5)19-13/h10-14H,6-9H2,1-5H3/t10-,11+,12-,13+,14+,16-,17-/m1/s1. The van der Waals surface area contributed by atoms with E-state index in [-0.39, 0.29) is 11.7 Å². The average Bonchev–Trinajstić information content (AvgIpc) is 2.94. The number of ether oxygens (including phenoxy) is 3. The van der Waals surface area contributed by atoms with Gasteiger partial charge in [0, 0.05) is 7.11 Å². The van der Waals surface area contributed by atoms with Crippen molar-refractivity contribution >= 4 is 0 Å². The zero-order chi connectivity index (χ0) is 14.3. The van der Waals surface area contributed by atoms with Crippen molar-refractivity contribution in [3.8, 4) is 0 Å². The molecule has 3 aliphatic carbocycles. The van der Waals surface area contributed by atoms with E-state index in [1.54, 1.807) is 7.11 Å². The molecule has 0 aromatic heterocycles. The second-order valence-corrected chi connectivity index (χ2v) is 8.50. The number of hydrogen-bond donors (Lipinski definition) is 0. The topological polar surface area (TPSA) is 27.7 Å². The predicted octanol–water partition coefficient (Wildman–Crippen LogP) is 3.57. The van der Waals surface area contributed by atoms with Gasteiger partial charge in [-0.15, -0.1) is 0 Å². The minimum atomic E-state index is -0.466. The predicted molar refractivity (Wildman–Crippen MR) is 76.0 cm³/mol. The van der Waals surface area contributed by atoms with Gasteiger partial charge in [0.1, 0.15) is 5.60 Å². The Morgan fingerprint density at radius 1 is 1.05 bits per heavy atom. The van der Waals surface area contributed by atoms with E-state index in [9.17, 15) is 0 Å². The highest BCUT2D eigenvalue weighted by molar-refractivity contribution is 5.20. The summed E-state index contributed by atoms with van der Waals surface area (Å²) in [5, 5.41) is 0. The molecule has 0 aromatic carbocycles. The van der Waals surface area contributed by atoms with Gasteiger partial charge in [0.15, 0.2) is 0 Å². The fourth-order valence-electron chi connectivity index (χ4n) is 6.63. The Hall–Kier alpha value is -0.120. The molecular formula is C17H28O3. The summed E-state index contributed by atoms with van der Waals surface area (Å²) in [5.41, 5.74) is 0.671. The molecule has 3 heteroatoms. The zero-order valence-corrected chi connectivity index (χ0v) is 13.4. The van der Waals surface area contributed by atoms with Gasteiger partial charge in [-0.2, -0.15) is 0 Å². The molecule has 3 nitrogen and oxygen atoms in total. The fourth-order valence-corrected chi connectivity index (χ4v) is 6.63. The van der Waals surface area contributed by atoms with Crippen LogP contribution in [0.5, 0.6) is 0 Å². The third-order valence-electron chi connectivity index (χ3n) is 7.66. The second kappa shape index (κ2) is 3.80. The Morgan fingerprint density at radius 3 is 2.50 bits per heavy atom. The molecule has 1 spiro atoms. The molecule has 4 aliphatic rings. The molecule has 4 rings (SSSR count). The van der Waals surface area contributed by atoms with Crippen molar-refractivity contribution in [2.45, 2.75) is 71.6 Å². The van der Waals surface area contributed by atoms with Gasteiger partial charge < -0.3 is 14.2 Å². The summed E-state index contributed by atoms with van der Waals surface area (Å²) in [4.78, 5) is 0. The lowest BCUT2D eigenvalue weighted by atomic mass is 9.63. The molecule has 1 aliphatic heterocycles. The minimum Gasteiger partial charge on any atom is -0.333 e. The summed E-state index contributed by atoms with van der Waals surface area (Å²) in [6.45, 7) is 9.21. The van der Waals surface area contributed by atoms with Crippen molar-refractivity contribution < 1.29 is 14.2 Å². The smallest absolute Gasteiger partial charge is 0.272 e. The Labute approximate surface area is 122 Å². The summed E-state index contributed by atoms with van der Waals surface area (Å²) in [5.74, 6) is 2.25. The van der Waals surface area contributed by atoms with Crippen molar-refractivity contribution in [1.82, 2.24) is 0 Å². The Balaban J connectivity index is 1.78. The lowest BCUT2D eigenvalue weighted by molar-refractivity contribution is -0.245. The molecule has 0 N–H and O–H groups in total. The maximum atomic E-state index is 6.22. The van der Waals surface area contributed by atoms with Crippen LogP contribution in [0.4, 0.5) is 0 Å². The van der Waals surface area contributed by atoms with E-state index in [1.165, 1.54) is 19.3 Å². The van der Waals surface area contributed by atoms with E-state index in [2.05, 4.69) is 27.7 Å². The van der Waals surface area contributed by atoms with Gasteiger partial charge in [-0.25, -0.2) is 0 Å². The van der Waals surface area contributed by atoms with Gasteiger partial charge in [-0.05, 0) is 61.2 Å². The van der Waals surface area contributed by atoms with Crippen LogP contribution in [0.25, 0.3) is 0 Å². The van der Waals surface area contributed by atoms with Crippen LogP contribution in [0.1, 0.15) is 53.4 Å². The van der Waals surface area contributed by atoms with Gasteiger partial charge in [-0.1, -0.05) is 20.8 Å². The molecule has 3 saturated carbocycles. The van der Waals surface area contributed by atoms with E-state index in [4.69, 9.17) is 14.2 Å². The number of methoxy groups -OCH3 is 1. The number of rotatable bonds is 1. The molecule has 2 bridgehead atoms. The van der Waals surface area contributed by atoms with E-state index in [0.29, 0.717) is 16.7 Å². The molecule has 20 heavy (non-hydrogen) atoms. The number of hydrogen-bond acceptors (Lipinski definition) is 3. The van der Waals surface area contributed by atoms with Gasteiger partial charge in [0.2, 0.25) is 0 Å². The quantitative estimate of drug-likeness (QED) is 0.735. The monoisotopic (exact) mass is 280 g/mol. The van der Waals surface area contributed by atoms with Crippen molar-refractivity contribution in [3.63, 3.8) is 0 Å². The first-order valence-corrected chi connectivity index (χ1v) is 8.20. The highest BCUT2D eigenvalue weighted by Gasteiger charge is 2.73. The van der Waals surface area contributed by atoms with Gasteiger partial charge in [0.25, 0.3) is 6.48 Å². The van der Waals surface area contributed by atoms with Crippen molar-refractivity contribution in [3.05, 3.63) is 0 Å².